The number of carbonyl (C=O) groups is 1. The molecule has 116 valence electrons. The Morgan fingerprint density at radius 1 is 1.09 bits per heavy atom. The minimum atomic E-state index is -3.74. The summed E-state index contributed by atoms with van der Waals surface area (Å²) in [6.45, 7) is -0.323. The van der Waals surface area contributed by atoms with Crippen molar-refractivity contribution in [2.45, 2.75) is 4.90 Å². The molecule has 1 amide bonds. The Balaban J connectivity index is 2.02. The summed E-state index contributed by atoms with van der Waals surface area (Å²) in [5.41, 5.74) is 0.693. The fourth-order valence-electron chi connectivity index (χ4n) is 1.77. The maximum absolute atomic E-state index is 12.1. The van der Waals surface area contributed by atoms with Crippen molar-refractivity contribution in [3.63, 3.8) is 0 Å². The van der Waals surface area contributed by atoms with E-state index >= 15 is 0 Å². The molecule has 0 unspecified atom stereocenters. The van der Waals surface area contributed by atoms with Gasteiger partial charge in [0.05, 0.1) is 11.4 Å². The highest BCUT2D eigenvalue weighted by atomic mass is 35.5. The summed E-state index contributed by atoms with van der Waals surface area (Å²) in [4.78, 5) is 13.5. The van der Waals surface area contributed by atoms with Crippen LogP contribution in [0.2, 0.25) is 5.02 Å². The topological polar surface area (TPSA) is 66.5 Å². The zero-order chi connectivity index (χ0) is 16.2. The van der Waals surface area contributed by atoms with Crippen molar-refractivity contribution in [1.82, 2.24) is 4.72 Å². The van der Waals surface area contributed by atoms with Gasteiger partial charge >= 0.3 is 0 Å². The second-order valence-electron chi connectivity index (χ2n) is 4.57. The van der Waals surface area contributed by atoms with Crippen LogP contribution in [0.25, 0.3) is 0 Å². The Hall–Kier alpha value is -1.89. The third-order valence-electron chi connectivity index (χ3n) is 3.05. The van der Waals surface area contributed by atoms with Gasteiger partial charge in [-0.2, -0.15) is 0 Å². The van der Waals surface area contributed by atoms with Crippen molar-refractivity contribution in [3.8, 4) is 0 Å². The van der Waals surface area contributed by atoms with E-state index in [-0.39, 0.29) is 17.3 Å². The smallest absolute Gasteiger partial charge is 0.241 e. The van der Waals surface area contributed by atoms with Crippen LogP contribution in [0, 0.1) is 0 Å². The quantitative estimate of drug-likeness (QED) is 0.909. The van der Waals surface area contributed by atoms with E-state index in [2.05, 4.69) is 4.72 Å². The summed E-state index contributed by atoms with van der Waals surface area (Å²) in [6.07, 6.45) is 0. The number of carbonyl (C=O) groups excluding carboxylic acids is 1. The second kappa shape index (κ2) is 6.91. The fraction of sp³-hybridized carbons (Fsp3) is 0.133. The van der Waals surface area contributed by atoms with Crippen molar-refractivity contribution in [1.29, 1.82) is 0 Å². The lowest BCUT2D eigenvalue weighted by atomic mass is 10.3. The summed E-state index contributed by atoms with van der Waals surface area (Å²) in [7, 11) is -2.15. The number of benzene rings is 2. The van der Waals surface area contributed by atoms with Gasteiger partial charge in [0.25, 0.3) is 0 Å². The molecule has 5 nitrogen and oxygen atoms in total. The first kappa shape index (κ1) is 16.5. The first-order valence-corrected chi connectivity index (χ1v) is 8.33. The monoisotopic (exact) mass is 338 g/mol. The molecule has 2 aromatic carbocycles. The van der Waals surface area contributed by atoms with Crippen molar-refractivity contribution in [2.75, 3.05) is 18.5 Å². The Morgan fingerprint density at radius 2 is 1.68 bits per heavy atom. The van der Waals surface area contributed by atoms with E-state index in [4.69, 9.17) is 11.6 Å². The van der Waals surface area contributed by atoms with Crippen LogP contribution in [-0.4, -0.2) is 27.9 Å². The van der Waals surface area contributed by atoms with Crippen LogP contribution in [0.5, 0.6) is 0 Å². The lowest BCUT2D eigenvalue weighted by Gasteiger charge is -2.17. The number of hydrogen-bond acceptors (Lipinski definition) is 3. The average Bonchev–Trinajstić information content (AvgIpc) is 2.53. The van der Waals surface area contributed by atoms with Crippen LogP contribution in [0.3, 0.4) is 0 Å². The lowest BCUT2D eigenvalue weighted by Crippen LogP contribution is -2.38. The molecule has 0 saturated heterocycles. The highest BCUT2D eigenvalue weighted by Crippen LogP contribution is 2.14. The van der Waals surface area contributed by atoms with Crippen molar-refractivity contribution >= 4 is 33.2 Å². The number of nitrogens with one attached hydrogen (secondary N) is 1. The van der Waals surface area contributed by atoms with Crippen LogP contribution in [0.1, 0.15) is 0 Å². The molecule has 1 N–H and O–H groups in total. The minimum Gasteiger partial charge on any atom is -0.314 e. The summed E-state index contributed by atoms with van der Waals surface area (Å²) < 4.78 is 26.4. The number of rotatable bonds is 5. The Bertz CT molecular complexity index is 746. The maximum atomic E-state index is 12.1. The van der Waals surface area contributed by atoms with Crippen molar-refractivity contribution < 1.29 is 13.2 Å². The molecule has 0 aliphatic carbocycles. The molecule has 2 aromatic rings. The summed E-state index contributed by atoms with van der Waals surface area (Å²) in [5.74, 6) is -0.358. The van der Waals surface area contributed by atoms with E-state index < -0.39 is 10.0 Å². The maximum Gasteiger partial charge on any atom is 0.241 e. The molecular weight excluding hydrogens is 324 g/mol. The number of hydrogen-bond donors (Lipinski definition) is 1. The molecule has 0 spiro atoms. The van der Waals surface area contributed by atoms with Gasteiger partial charge in [-0.1, -0.05) is 29.8 Å². The van der Waals surface area contributed by atoms with Crippen LogP contribution >= 0.6 is 11.6 Å². The normalized spacial score (nSPS) is 11.2. The molecular formula is C15H15ClN2O3S. The van der Waals surface area contributed by atoms with Gasteiger partial charge in [-0.3, -0.25) is 4.79 Å². The van der Waals surface area contributed by atoms with Crippen LogP contribution in [-0.2, 0) is 14.8 Å². The van der Waals surface area contributed by atoms with Gasteiger partial charge < -0.3 is 4.90 Å². The highest BCUT2D eigenvalue weighted by Gasteiger charge is 2.17. The first-order chi connectivity index (χ1) is 10.4. The van der Waals surface area contributed by atoms with Gasteiger partial charge in [0.15, 0.2) is 0 Å². The van der Waals surface area contributed by atoms with E-state index in [1.807, 2.05) is 6.07 Å². The third-order valence-corrected chi connectivity index (χ3v) is 4.72. The predicted octanol–water partition coefficient (Wildman–Crippen LogP) is 2.28. The highest BCUT2D eigenvalue weighted by molar-refractivity contribution is 7.89. The number of nitrogens with zero attached hydrogens (tertiary/aromatic N) is 1. The van der Waals surface area contributed by atoms with Crippen molar-refractivity contribution in [2.24, 2.45) is 0 Å². The van der Waals surface area contributed by atoms with Gasteiger partial charge in [-0.05, 0) is 36.4 Å². The molecule has 7 heteroatoms. The van der Waals surface area contributed by atoms with Crippen molar-refractivity contribution in [3.05, 3.63) is 59.6 Å². The van der Waals surface area contributed by atoms with E-state index in [0.717, 1.165) is 0 Å². The van der Waals surface area contributed by atoms with E-state index in [0.29, 0.717) is 10.7 Å². The number of sulfonamides is 1. The molecule has 0 saturated carbocycles. The Morgan fingerprint density at radius 3 is 2.27 bits per heavy atom. The van der Waals surface area contributed by atoms with E-state index in [1.54, 1.807) is 31.3 Å². The summed E-state index contributed by atoms with van der Waals surface area (Å²) in [5, 5.41) is 0.443. The predicted molar refractivity (Wildman–Crippen MR) is 86.5 cm³/mol. The average molecular weight is 339 g/mol. The number of halogens is 1. The zero-order valence-electron chi connectivity index (χ0n) is 11.9. The number of likely N-dealkylation sites (N-methyl/N-ethyl adjacent to an activating group) is 1. The van der Waals surface area contributed by atoms with Crippen LogP contribution in [0.15, 0.2) is 59.5 Å². The first-order valence-electron chi connectivity index (χ1n) is 6.47. The van der Waals surface area contributed by atoms with E-state index in [1.165, 1.54) is 29.2 Å². The molecule has 2 rings (SSSR count). The zero-order valence-corrected chi connectivity index (χ0v) is 13.4. The van der Waals surface area contributed by atoms with Crippen LogP contribution < -0.4 is 9.62 Å². The largest absolute Gasteiger partial charge is 0.314 e. The number of amides is 1. The summed E-state index contributed by atoms with van der Waals surface area (Å²) in [6, 6.07) is 14.7. The lowest BCUT2D eigenvalue weighted by molar-refractivity contribution is -0.117. The SMILES string of the molecule is CN(C(=O)CNS(=O)(=O)c1ccc(Cl)cc1)c1ccccc1. The molecule has 22 heavy (non-hydrogen) atoms. The van der Waals surface area contributed by atoms with E-state index in [9.17, 15) is 13.2 Å². The molecule has 0 heterocycles. The fourth-order valence-corrected chi connectivity index (χ4v) is 2.87. The molecule has 0 fully saturated rings. The minimum absolute atomic E-state index is 0.0621. The van der Waals surface area contributed by atoms with Gasteiger partial charge in [0.2, 0.25) is 15.9 Å². The Labute approximate surface area is 134 Å². The van der Waals surface area contributed by atoms with Gasteiger partial charge in [-0.15, -0.1) is 0 Å². The third kappa shape index (κ3) is 4.07. The standard InChI is InChI=1S/C15H15ClN2O3S/c1-18(13-5-3-2-4-6-13)15(19)11-17-22(20,21)14-9-7-12(16)8-10-14/h2-10,17H,11H2,1H3. The molecule has 0 aliphatic heterocycles. The Kier molecular flexibility index (Phi) is 5.18. The molecule has 0 aliphatic rings. The molecule has 0 aromatic heterocycles. The number of para-hydroxylation sites is 1. The molecule has 0 radical (unpaired) electrons. The number of anilines is 1. The van der Waals surface area contributed by atoms with Gasteiger partial charge in [0, 0.05) is 17.8 Å². The molecule has 0 bridgehead atoms. The summed E-state index contributed by atoms with van der Waals surface area (Å²) >= 11 is 5.72. The van der Waals surface area contributed by atoms with Crippen LogP contribution in [0.4, 0.5) is 5.69 Å². The second-order valence-corrected chi connectivity index (χ2v) is 6.77. The van der Waals surface area contributed by atoms with Gasteiger partial charge in [0.1, 0.15) is 0 Å². The van der Waals surface area contributed by atoms with Gasteiger partial charge in [-0.25, -0.2) is 13.1 Å². The molecule has 0 atom stereocenters.